The predicted octanol–water partition coefficient (Wildman–Crippen LogP) is 5.74. The van der Waals surface area contributed by atoms with Gasteiger partial charge in [0.05, 0.1) is 24.1 Å². The smallest absolute Gasteiger partial charge is 0.166 e. The zero-order chi connectivity index (χ0) is 21.6. The second-order valence-electron chi connectivity index (χ2n) is 8.02. The molecule has 1 aromatic heterocycles. The summed E-state index contributed by atoms with van der Waals surface area (Å²) >= 11 is 1.74. The van der Waals surface area contributed by atoms with E-state index in [4.69, 9.17) is 9.72 Å². The number of morpholine rings is 1. The van der Waals surface area contributed by atoms with E-state index in [2.05, 4.69) is 88.7 Å². The molecular formula is C27H27N3OS. The molecule has 0 amide bonds. The summed E-state index contributed by atoms with van der Waals surface area (Å²) in [7, 11) is 0. The first kappa shape index (κ1) is 21.0. The number of imidazole rings is 1. The maximum Gasteiger partial charge on any atom is 0.166 e. The van der Waals surface area contributed by atoms with Crippen LogP contribution in [0.2, 0.25) is 0 Å². The summed E-state index contributed by atoms with van der Waals surface area (Å²) in [5.41, 5.74) is 5.68. The average molecular weight is 442 g/mol. The van der Waals surface area contributed by atoms with E-state index in [1.807, 2.05) is 12.1 Å². The number of nitrogens with zero attached hydrogens (tertiary/aromatic N) is 2. The van der Waals surface area contributed by atoms with Gasteiger partial charge in [-0.25, -0.2) is 4.98 Å². The molecule has 1 fully saturated rings. The highest BCUT2D eigenvalue weighted by Crippen LogP contribution is 2.33. The van der Waals surface area contributed by atoms with Gasteiger partial charge in [0.1, 0.15) is 0 Å². The van der Waals surface area contributed by atoms with Crippen molar-refractivity contribution in [2.45, 2.75) is 17.8 Å². The molecule has 0 saturated carbocycles. The Labute approximate surface area is 193 Å². The molecule has 1 N–H and O–H groups in total. The Morgan fingerprint density at radius 2 is 1.53 bits per heavy atom. The van der Waals surface area contributed by atoms with Crippen molar-refractivity contribution in [2.24, 2.45) is 0 Å². The molecule has 0 radical (unpaired) electrons. The molecule has 0 spiro atoms. The lowest BCUT2D eigenvalue weighted by molar-refractivity contribution is -0.0187. The Morgan fingerprint density at radius 3 is 2.25 bits per heavy atom. The van der Waals surface area contributed by atoms with Gasteiger partial charge in [-0.05, 0) is 5.56 Å². The number of aromatic amines is 1. The van der Waals surface area contributed by atoms with Crippen molar-refractivity contribution in [3.8, 4) is 22.5 Å². The van der Waals surface area contributed by atoms with Gasteiger partial charge in [-0.2, -0.15) is 0 Å². The van der Waals surface area contributed by atoms with Crippen LogP contribution in [0.25, 0.3) is 22.5 Å². The third kappa shape index (κ3) is 5.13. The number of benzene rings is 3. The van der Waals surface area contributed by atoms with Crippen molar-refractivity contribution in [3.63, 3.8) is 0 Å². The van der Waals surface area contributed by atoms with E-state index >= 15 is 0 Å². The van der Waals surface area contributed by atoms with Crippen molar-refractivity contribution in [1.29, 1.82) is 0 Å². The van der Waals surface area contributed by atoms with Crippen LogP contribution in [0.4, 0.5) is 0 Å². The van der Waals surface area contributed by atoms with Gasteiger partial charge in [0.15, 0.2) is 5.16 Å². The Hall–Kier alpha value is -2.86. The molecule has 0 unspecified atom stereocenters. The summed E-state index contributed by atoms with van der Waals surface area (Å²) < 4.78 is 6.07. The number of aromatic nitrogens is 2. The Morgan fingerprint density at radius 1 is 0.875 bits per heavy atom. The van der Waals surface area contributed by atoms with Crippen LogP contribution in [0, 0.1) is 0 Å². The highest BCUT2D eigenvalue weighted by molar-refractivity contribution is 7.99. The zero-order valence-corrected chi connectivity index (χ0v) is 18.8. The van der Waals surface area contributed by atoms with Crippen LogP contribution in [-0.4, -0.2) is 46.4 Å². The predicted molar refractivity (Wildman–Crippen MR) is 132 cm³/mol. The number of hydrogen-bond acceptors (Lipinski definition) is 4. The first-order valence-corrected chi connectivity index (χ1v) is 12.1. The molecule has 1 aliphatic rings. The first-order valence-electron chi connectivity index (χ1n) is 11.1. The van der Waals surface area contributed by atoms with Crippen molar-refractivity contribution >= 4 is 11.8 Å². The monoisotopic (exact) mass is 441 g/mol. The average Bonchev–Trinajstić information content (AvgIpc) is 3.29. The fraction of sp³-hybridized carbons (Fsp3) is 0.222. The van der Waals surface area contributed by atoms with Crippen LogP contribution in [-0.2, 0) is 11.3 Å². The van der Waals surface area contributed by atoms with Crippen LogP contribution in [0.15, 0.2) is 96.2 Å². The lowest BCUT2D eigenvalue weighted by atomic mass is 10.1. The topological polar surface area (TPSA) is 41.1 Å². The van der Waals surface area contributed by atoms with Crippen LogP contribution < -0.4 is 0 Å². The maximum absolute atomic E-state index is 6.07. The number of thioether (sulfide) groups is 1. The minimum atomic E-state index is 0.197. The van der Waals surface area contributed by atoms with Gasteiger partial charge < -0.3 is 9.72 Å². The summed E-state index contributed by atoms with van der Waals surface area (Å²) in [5.74, 6) is 0.876. The van der Waals surface area contributed by atoms with Gasteiger partial charge in [-0.3, -0.25) is 4.90 Å². The standard InChI is InChI=1S/C27H27N3OS/c1-4-10-21(11-5-1)18-30-16-17-31-24(19-30)20-32-27-28-25(22-12-6-2-7-13-22)26(29-27)23-14-8-3-9-15-23/h1-15,24H,16-20H2,(H,28,29)/t24-/m0/s1. The maximum atomic E-state index is 6.07. The lowest BCUT2D eigenvalue weighted by Crippen LogP contribution is -2.43. The number of rotatable bonds is 7. The summed E-state index contributed by atoms with van der Waals surface area (Å²) in [6, 6.07) is 31.5. The molecule has 32 heavy (non-hydrogen) atoms. The van der Waals surface area contributed by atoms with Gasteiger partial charge in [-0.1, -0.05) is 103 Å². The fourth-order valence-corrected chi connectivity index (χ4v) is 4.95. The van der Waals surface area contributed by atoms with E-state index in [0.29, 0.717) is 0 Å². The molecule has 4 nitrogen and oxygen atoms in total. The van der Waals surface area contributed by atoms with Gasteiger partial charge in [0.25, 0.3) is 0 Å². The Bertz CT molecular complexity index is 1060. The number of hydrogen-bond donors (Lipinski definition) is 1. The summed E-state index contributed by atoms with van der Waals surface area (Å²) in [5, 5.41) is 0.937. The van der Waals surface area contributed by atoms with Crippen LogP contribution in [0.1, 0.15) is 5.56 Å². The van der Waals surface area contributed by atoms with Crippen LogP contribution in [0.3, 0.4) is 0 Å². The van der Waals surface area contributed by atoms with E-state index < -0.39 is 0 Å². The molecule has 4 aromatic rings. The molecule has 5 rings (SSSR count). The highest BCUT2D eigenvalue weighted by atomic mass is 32.2. The zero-order valence-electron chi connectivity index (χ0n) is 18.0. The van der Waals surface area contributed by atoms with Gasteiger partial charge in [0, 0.05) is 36.5 Å². The van der Waals surface area contributed by atoms with E-state index in [1.54, 1.807) is 11.8 Å². The molecule has 1 atom stereocenters. The summed E-state index contributed by atoms with van der Waals surface area (Å²) in [6.07, 6.45) is 0.197. The molecule has 0 bridgehead atoms. The quantitative estimate of drug-likeness (QED) is 0.372. The van der Waals surface area contributed by atoms with Gasteiger partial charge >= 0.3 is 0 Å². The summed E-state index contributed by atoms with van der Waals surface area (Å²) in [4.78, 5) is 11.0. The Kier molecular flexibility index (Phi) is 6.68. The number of H-pyrrole nitrogens is 1. The van der Waals surface area contributed by atoms with E-state index in [9.17, 15) is 0 Å². The van der Waals surface area contributed by atoms with Crippen molar-refractivity contribution in [3.05, 3.63) is 96.6 Å². The van der Waals surface area contributed by atoms with E-state index in [-0.39, 0.29) is 6.10 Å². The fourth-order valence-electron chi connectivity index (χ4n) is 4.08. The van der Waals surface area contributed by atoms with E-state index in [0.717, 1.165) is 59.7 Å². The van der Waals surface area contributed by atoms with Crippen LogP contribution >= 0.6 is 11.8 Å². The highest BCUT2D eigenvalue weighted by Gasteiger charge is 2.22. The molecule has 2 heterocycles. The molecule has 1 aliphatic heterocycles. The van der Waals surface area contributed by atoms with Crippen molar-refractivity contribution < 1.29 is 4.74 Å². The summed E-state index contributed by atoms with van der Waals surface area (Å²) in [6.45, 7) is 3.68. The number of ether oxygens (including phenoxy) is 1. The minimum Gasteiger partial charge on any atom is -0.375 e. The first-order chi connectivity index (χ1) is 15.8. The van der Waals surface area contributed by atoms with Gasteiger partial charge in [0.2, 0.25) is 0 Å². The number of nitrogens with one attached hydrogen (secondary N) is 1. The van der Waals surface area contributed by atoms with Gasteiger partial charge in [-0.15, -0.1) is 0 Å². The molecular weight excluding hydrogens is 414 g/mol. The van der Waals surface area contributed by atoms with E-state index in [1.165, 1.54) is 5.56 Å². The third-order valence-corrected chi connectivity index (χ3v) is 6.67. The SMILES string of the molecule is c1ccc(CN2CCO[C@H](CSc3nc(-c4ccccc4)c(-c4ccccc4)[nH]3)C2)cc1. The van der Waals surface area contributed by atoms with Crippen molar-refractivity contribution in [2.75, 3.05) is 25.4 Å². The molecule has 1 saturated heterocycles. The van der Waals surface area contributed by atoms with Crippen LogP contribution in [0.5, 0.6) is 0 Å². The lowest BCUT2D eigenvalue weighted by Gasteiger charge is -2.32. The third-order valence-electron chi connectivity index (χ3n) is 5.67. The molecule has 3 aromatic carbocycles. The normalized spacial score (nSPS) is 16.8. The van der Waals surface area contributed by atoms with Crippen molar-refractivity contribution in [1.82, 2.24) is 14.9 Å². The second kappa shape index (κ2) is 10.2. The molecule has 0 aliphatic carbocycles. The largest absolute Gasteiger partial charge is 0.375 e. The molecule has 162 valence electrons. The Balaban J connectivity index is 1.29. The molecule has 5 heteroatoms. The minimum absolute atomic E-state index is 0.197. The second-order valence-corrected chi connectivity index (χ2v) is 9.03.